The van der Waals surface area contributed by atoms with E-state index in [1.807, 2.05) is 0 Å². The second kappa shape index (κ2) is 5.95. The minimum Gasteiger partial charge on any atom is -0.292 e. The fourth-order valence-corrected chi connectivity index (χ4v) is 2.61. The van der Waals surface area contributed by atoms with Crippen LogP contribution in [0.3, 0.4) is 0 Å². The first kappa shape index (κ1) is 13.7. The largest absolute Gasteiger partial charge is 0.292 e. The monoisotopic (exact) mass is 341 g/mol. The standard InChI is InChI=1S/C10H8BrN5O2S/c11-6-5-13-10(15-12)14-9(6)19-8-4-2-1-3-7(8)16(17)18/h1-5H,12H2,(H,13,14,15). The van der Waals surface area contributed by atoms with Gasteiger partial charge in [0.25, 0.3) is 5.69 Å². The molecule has 0 fully saturated rings. The maximum Gasteiger partial charge on any atom is 0.283 e. The van der Waals surface area contributed by atoms with E-state index in [1.165, 1.54) is 12.3 Å². The van der Waals surface area contributed by atoms with Crippen molar-refractivity contribution < 1.29 is 4.92 Å². The molecule has 1 aromatic heterocycles. The lowest BCUT2D eigenvalue weighted by atomic mass is 10.3. The number of nitro groups is 1. The molecule has 19 heavy (non-hydrogen) atoms. The minimum atomic E-state index is -0.431. The molecule has 0 bridgehead atoms. The van der Waals surface area contributed by atoms with Crippen molar-refractivity contribution >= 4 is 39.3 Å². The van der Waals surface area contributed by atoms with Crippen molar-refractivity contribution in [3.63, 3.8) is 0 Å². The van der Waals surface area contributed by atoms with Crippen molar-refractivity contribution in [1.82, 2.24) is 9.97 Å². The SMILES string of the molecule is NNc1ncc(Br)c(Sc2ccccc2[N+](=O)[O-])n1. The van der Waals surface area contributed by atoms with Crippen LogP contribution in [-0.4, -0.2) is 14.9 Å². The number of nitrogens with zero attached hydrogens (tertiary/aromatic N) is 3. The van der Waals surface area contributed by atoms with Crippen LogP contribution in [0.1, 0.15) is 0 Å². The molecule has 2 aromatic rings. The summed E-state index contributed by atoms with van der Waals surface area (Å²) in [6.07, 6.45) is 1.53. The second-order valence-electron chi connectivity index (χ2n) is 3.32. The van der Waals surface area contributed by atoms with Crippen LogP contribution in [-0.2, 0) is 0 Å². The third-order valence-corrected chi connectivity index (χ3v) is 4.02. The maximum atomic E-state index is 10.9. The lowest BCUT2D eigenvalue weighted by Crippen LogP contribution is -2.10. The zero-order valence-corrected chi connectivity index (χ0v) is 11.8. The molecule has 0 unspecified atom stereocenters. The van der Waals surface area contributed by atoms with Crippen LogP contribution in [0.25, 0.3) is 0 Å². The molecule has 0 aliphatic carbocycles. The zero-order valence-electron chi connectivity index (χ0n) is 9.41. The van der Waals surface area contributed by atoms with Crippen molar-refractivity contribution in [2.45, 2.75) is 9.92 Å². The smallest absolute Gasteiger partial charge is 0.283 e. The number of para-hydroxylation sites is 1. The van der Waals surface area contributed by atoms with Gasteiger partial charge in [-0.15, -0.1) is 0 Å². The average Bonchev–Trinajstić information content (AvgIpc) is 2.41. The van der Waals surface area contributed by atoms with E-state index >= 15 is 0 Å². The summed E-state index contributed by atoms with van der Waals surface area (Å²) in [5.74, 6) is 5.47. The number of hydrogen-bond donors (Lipinski definition) is 2. The number of aromatic nitrogens is 2. The van der Waals surface area contributed by atoms with E-state index in [1.54, 1.807) is 18.2 Å². The van der Waals surface area contributed by atoms with Gasteiger partial charge < -0.3 is 0 Å². The maximum absolute atomic E-state index is 10.9. The van der Waals surface area contributed by atoms with Gasteiger partial charge in [-0.1, -0.05) is 23.9 Å². The number of halogens is 1. The Morgan fingerprint density at radius 2 is 2.16 bits per heavy atom. The van der Waals surface area contributed by atoms with Crippen LogP contribution < -0.4 is 11.3 Å². The number of hydrogen-bond acceptors (Lipinski definition) is 7. The Labute approximate surface area is 120 Å². The fourth-order valence-electron chi connectivity index (χ4n) is 1.29. The number of nitrogens with two attached hydrogens (primary N) is 1. The average molecular weight is 342 g/mol. The van der Waals surface area contributed by atoms with E-state index in [4.69, 9.17) is 5.84 Å². The van der Waals surface area contributed by atoms with Crippen molar-refractivity contribution in [3.05, 3.63) is 45.0 Å². The van der Waals surface area contributed by atoms with Gasteiger partial charge in [0.2, 0.25) is 5.95 Å². The Morgan fingerprint density at radius 3 is 2.84 bits per heavy atom. The molecule has 1 heterocycles. The quantitative estimate of drug-likeness (QED) is 0.381. The summed E-state index contributed by atoms with van der Waals surface area (Å²) in [7, 11) is 0. The van der Waals surface area contributed by atoms with Crippen LogP contribution in [0.15, 0.2) is 44.9 Å². The van der Waals surface area contributed by atoms with Crippen LogP contribution in [0.5, 0.6) is 0 Å². The molecule has 7 nitrogen and oxygen atoms in total. The van der Waals surface area contributed by atoms with Crippen LogP contribution in [0.4, 0.5) is 11.6 Å². The summed E-state index contributed by atoms with van der Waals surface area (Å²) in [5, 5.41) is 11.5. The van der Waals surface area contributed by atoms with Gasteiger partial charge in [0.05, 0.1) is 14.3 Å². The molecule has 0 saturated carbocycles. The van der Waals surface area contributed by atoms with Crippen molar-refractivity contribution in [2.75, 3.05) is 5.43 Å². The predicted molar refractivity (Wildman–Crippen MR) is 74.8 cm³/mol. The van der Waals surface area contributed by atoms with Crippen LogP contribution in [0.2, 0.25) is 0 Å². The van der Waals surface area contributed by atoms with Crippen molar-refractivity contribution in [1.29, 1.82) is 0 Å². The highest BCUT2D eigenvalue weighted by atomic mass is 79.9. The van der Waals surface area contributed by atoms with Crippen molar-refractivity contribution in [2.24, 2.45) is 5.84 Å². The molecule has 98 valence electrons. The normalized spacial score (nSPS) is 10.2. The number of nitro benzene ring substituents is 1. The van der Waals surface area contributed by atoms with Gasteiger partial charge in [0, 0.05) is 12.3 Å². The summed E-state index contributed by atoms with van der Waals surface area (Å²) in [6.45, 7) is 0. The Balaban J connectivity index is 2.38. The summed E-state index contributed by atoms with van der Waals surface area (Å²) in [6, 6.07) is 6.45. The Bertz CT molecular complexity index is 625. The molecule has 0 radical (unpaired) electrons. The molecular weight excluding hydrogens is 334 g/mol. The van der Waals surface area contributed by atoms with Gasteiger partial charge in [0.15, 0.2) is 0 Å². The van der Waals surface area contributed by atoms with E-state index in [-0.39, 0.29) is 11.6 Å². The number of anilines is 1. The van der Waals surface area contributed by atoms with E-state index in [9.17, 15) is 10.1 Å². The first-order chi connectivity index (χ1) is 9.11. The summed E-state index contributed by atoms with van der Waals surface area (Å²) >= 11 is 4.46. The van der Waals surface area contributed by atoms with Crippen LogP contribution >= 0.6 is 27.7 Å². The molecule has 9 heteroatoms. The van der Waals surface area contributed by atoms with Gasteiger partial charge in [-0.05, 0) is 22.0 Å². The lowest BCUT2D eigenvalue weighted by Gasteiger charge is -2.05. The number of nitrogen functional groups attached to an aromatic ring is 1. The number of nitrogens with one attached hydrogen (secondary N) is 1. The molecular formula is C10H8BrN5O2S. The third-order valence-electron chi connectivity index (χ3n) is 2.11. The summed E-state index contributed by atoms with van der Waals surface area (Å²) in [4.78, 5) is 19.0. The number of hydrazine groups is 1. The molecule has 2 rings (SSSR count). The van der Waals surface area contributed by atoms with Gasteiger partial charge in [-0.25, -0.2) is 15.8 Å². The summed E-state index contributed by atoms with van der Waals surface area (Å²) in [5.41, 5.74) is 2.36. The first-order valence-corrected chi connectivity index (χ1v) is 6.63. The zero-order chi connectivity index (χ0) is 13.8. The second-order valence-corrected chi connectivity index (χ2v) is 5.20. The highest BCUT2D eigenvalue weighted by Gasteiger charge is 2.16. The Morgan fingerprint density at radius 1 is 1.42 bits per heavy atom. The molecule has 0 aliphatic rings. The first-order valence-electron chi connectivity index (χ1n) is 5.02. The molecule has 0 aliphatic heterocycles. The number of benzene rings is 1. The van der Waals surface area contributed by atoms with Crippen LogP contribution in [0, 0.1) is 10.1 Å². The van der Waals surface area contributed by atoms with E-state index in [0.717, 1.165) is 11.8 Å². The predicted octanol–water partition coefficient (Wildman–Crippen LogP) is 2.58. The van der Waals surface area contributed by atoms with Gasteiger partial charge in [0.1, 0.15) is 5.03 Å². The van der Waals surface area contributed by atoms with Gasteiger partial charge in [-0.3, -0.25) is 15.5 Å². The van der Waals surface area contributed by atoms with E-state index in [2.05, 4.69) is 31.3 Å². The molecule has 1 aromatic carbocycles. The topological polar surface area (TPSA) is 107 Å². The highest BCUT2D eigenvalue weighted by Crippen LogP contribution is 2.36. The lowest BCUT2D eigenvalue weighted by molar-refractivity contribution is -0.387. The molecule has 0 amide bonds. The van der Waals surface area contributed by atoms with Gasteiger partial charge >= 0.3 is 0 Å². The third kappa shape index (κ3) is 3.19. The van der Waals surface area contributed by atoms with E-state index in [0.29, 0.717) is 14.4 Å². The molecule has 0 saturated heterocycles. The molecule has 0 spiro atoms. The Hall–Kier alpha value is -1.71. The fraction of sp³-hybridized carbons (Fsp3) is 0. The van der Waals surface area contributed by atoms with Gasteiger partial charge in [-0.2, -0.15) is 0 Å². The molecule has 0 atom stereocenters. The molecule has 3 N–H and O–H groups in total. The summed E-state index contributed by atoms with van der Waals surface area (Å²) < 4.78 is 0.634. The highest BCUT2D eigenvalue weighted by molar-refractivity contribution is 9.10. The minimum absolute atomic E-state index is 0.0280. The Kier molecular flexibility index (Phi) is 4.30. The van der Waals surface area contributed by atoms with Crippen molar-refractivity contribution in [3.8, 4) is 0 Å². The van der Waals surface area contributed by atoms with E-state index < -0.39 is 4.92 Å². The number of rotatable bonds is 4.